The lowest BCUT2D eigenvalue weighted by Crippen LogP contribution is -2.21. The molecule has 0 spiro atoms. The third-order valence-corrected chi connectivity index (χ3v) is 4.27. The third-order valence-electron chi connectivity index (χ3n) is 4.27. The molecule has 0 atom stereocenters. The fraction of sp³-hybridized carbons (Fsp3) is 0.824. The molecule has 1 aliphatic carbocycles. The van der Waals surface area contributed by atoms with Crippen LogP contribution in [0.25, 0.3) is 0 Å². The van der Waals surface area contributed by atoms with Crippen molar-refractivity contribution in [1.29, 1.82) is 0 Å². The molecule has 1 rings (SSSR count). The first-order chi connectivity index (χ1) is 10.1. The molecule has 0 saturated heterocycles. The molecular weight excluding hydrogens is 268 g/mol. The zero-order valence-electron chi connectivity index (χ0n) is 13.3. The van der Waals surface area contributed by atoms with Crippen molar-refractivity contribution >= 4 is 5.97 Å². The van der Waals surface area contributed by atoms with E-state index in [9.17, 15) is 4.79 Å². The van der Waals surface area contributed by atoms with Crippen LogP contribution in [-0.4, -0.2) is 17.7 Å². The van der Waals surface area contributed by atoms with E-state index < -0.39 is 5.97 Å². The number of allylic oxidation sites excluding steroid dienone is 1. The van der Waals surface area contributed by atoms with E-state index in [1.165, 1.54) is 6.42 Å². The lowest BCUT2D eigenvalue weighted by Gasteiger charge is -2.25. The quantitative estimate of drug-likeness (QED) is 0.260. The van der Waals surface area contributed by atoms with Crippen LogP contribution >= 0.6 is 0 Å². The molecule has 0 aliphatic heterocycles. The molecule has 4 nitrogen and oxygen atoms in total. The Labute approximate surface area is 128 Å². The van der Waals surface area contributed by atoms with Crippen LogP contribution in [0.5, 0.6) is 0 Å². The molecule has 21 heavy (non-hydrogen) atoms. The smallest absolute Gasteiger partial charge is 0.306 e. The van der Waals surface area contributed by atoms with Crippen LogP contribution in [-0.2, 0) is 14.6 Å². The van der Waals surface area contributed by atoms with Gasteiger partial charge in [0.2, 0.25) is 0 Å². The van der Waals surface area contributed by atoms with E-state index in [2.05, 4.69) is 13.5 Å². The Bertz CT molecular complexity index is 306. The predicted molar refractivity (Wildman–Crippen MR) is 82.6 cm³/mol. The van der Waals surface area contributed by atoms with E-state index >= 15 is 0 Å². The molecule has 0 heterocycles. The van der Waals surface area contributed by atoms with E-state index in [0.29, 0.717) is 18.3 Å². The Morgan fingerprint density at radius 3 is 2.52 bits per heavy atom. The maximum Gasteiger partial charge on any atom is 0.306 e. The molecule has 1 N–H and O–H groups in total. The van der Waals surface area contributed by atoms with Crippen molar-refractivity contribution in [1.82, 2.24) is 0 Å². The van der Waals surface area contributed by atoms with Gasteiger partial charge in [0.25, 0.3) is 0 Å². The van der Waals surface area contributed by atoms with Crippen molar-refractivity contribution < 1.29 is 19.7 Å². The minimum Gasteiger partial charge on any atom is -0.481 e. The standard InChI is InChI=1S/C17H30O4/c1-3-4-13-20-21-14(2)7-5-6-8-15-9-11-16(12-10-15)17(18)19/h15-16H,2-13H2,1H3,(H,18,19). The summed E-state index contributed by atoms with van der Waals surface area (Å²) in [7, 11) is 0. The topological polar surface area (TPSA) is 55.8 Å². The van der Waals surface area contributed by atoms with Gasteiger partial charge >= 0.3 is 5.97 Å². The van der Waals surface area contributed by atoms with Gasteiger partial charge < -0.3 is 9.99 Å². The molecule has 0 unspecified atom stereocenters. The SMILES string of the molecule is C=C(CCCCC1CCC(C(=O)O)CC1)OOCCCC. The molecule has 0 bridgehead atoms. The Balaban J connectivity index is 1.97. The number of aliphatic carboxylic acids is 1. The molecule has 0 radical (unpaired) electrons. The summed E-state index contributed by atoms with van der Waals surface area (Å²) in [6.45, 7) is 6.59. The molecular formula is C17H30O4. The van der Waals surface area contributed by atoms with E-state index in [1.54, 1.807) is 0 Å². The Kier molecular flexibility index (Phi) is 9.15. The minimum absolute atomic E-state index is 0.102. The molecule has 0 amide bonds. The van der Waals surface area contributed by atoms with Crippen LogP contribution in [0.3, 0.4) is 0 Å². The molecule has 0 aromatic heterocycles. The minimum atomic E-state index is -0.620. The summed E-state index contributed by atoms with van der Waals surface area (Å²) >= 11 is 0. The van der Waals surface area contributed by atoms with Gasteiger partial charge in [-0.2, -0.15) is 4.89 Å². The highest BCUT2D eigenvalue weighted by atomic mass is 17.2. The Morgan fingerprint density at radius 2 is 1.90 bits per heavy atom. The van der Waals surface area contributed by atoms with Gasteiger partial charge in [-0.1, -0.05) is 32.8 Å². The summed E-state index contributed by atoms with van der Waals surface area (Å²) in [4.78, 5) is 21.1. The van der Waals surface area contributed by atoms with Gasteiger partial charge in [-0.3, -0.25) is 4.79 Å². The highest BCUT2D eigenvalue weighted by molar-refractivity contribution is 5.69. The van der Waals surface area contributed by atoms with Crippen molar-refractivity contribution in [3.05, 3.63) is 12.3 Å². The normalized spacial score (nSPS) is 22.0. The first-order valence-corrected chi connectivity index (χ1v) is 8.33. The largest absolute Gasteiger partial charge is 0.481 e. The van der Waals surface area contributed by atoms with E-state index in [0.717, 1.165) is 57.8 Å². The van der Waals surface area contributed by atoms with Crippen molar-refractivity contribution in [2.45, 2.75) is 71.1 Å². The average molecular weight is 298 g/mol. The van der Waals surface area contributed by atoms with Crippen LogP contribution in [0.15, 0.2) is 12.3 Å². The number of hydrogen-bond acceptors (Lipinski definition) is 3. The van der Waals surface area contributed by atoms with Gasteiger partial charge in [0.1, 0.15) is 5.76 Å². The zero-order valence-corrected chi connectivity index (χ0v) is 13.3. The molecule has 4 heteroatoms. The van der Waals surface area contributed by atoms with Crippen LogP contribution in [0.1, 0.15) is 71.1 Å². The summed E-state index contributed by atoms with van der Waals surface area (Å²) in [5, 5.41) is 8.97. The van der Waals surface area contributed by atoms with Gasteiger partial charge in [-0.05, 0) is 44.4 Å². The lowest BCUT2D eigenvalue weighted by molar-refractivity contribution is -0.263. The Hall–Kier alpha value is -1.03. The number of rotatable bonds is 11. The van der Waals surface area contributed by atoms with Crippen molar-refractivity contribution in [2.75, 3.05) is 6.61 Å². The van der Waals surface area contributed by atoms with Crippen molar-refractivity contribution in [3.8, 4) is 0 Å². The number of carboxylic acids is 1. The van der Waals surface area contributed by atoms with E-state index in [4.69, 9.17) is 14.9 Å². The highest BCUT2D eigenvalue weighted by Crippen LogP contribution is 2.32. The average Bonchev–Trinajstić information content (AvgIpc) is 2.48. The summed E-state index contributed by atoms with van der Waals surface area (Å²) in [5.74, 6) is 0.691. The second-order valence-corrected chi connectivity index (χ2v) is 6.10. The summed E-state index contributed by atoms with van der Waals surface area (Å²) < 4.78 is 0. The first kappa shape index (κ1) is 18.0. The van der Waals surface area contributed by atoms with Crippen LogP contribution < -0.4 is 0 Å². The van der Waals surface area contributed by atoms with Gasteiger partial charge in [0.15, 0.2) is 0 Å². The number of carbonyl (C=O) groups is 1. The summed E-state index contributed by atoms with van der Waals surface area (Å²) in [6, 6.07) is 0. The first-order valence-electron chi connectivity index (χ1n) is 8.33. The van der Waals surface area contributed by atoms with E-state index in [-0.39, 0.29) is 5.92 Å². The molecule has 0 aromatic rings. The second kappa shape index (κ2) is 10.7. The van der Waals surface area contributed by atoms with Crippen LogP contribution in [0.4, 0.5) is 0 Å². The molecule has 122 valence electrons. The highest BCUT2D eigenvalue weighted by Gasteiger charge is 2.25. The second-order valence-electron chi connectivity index (χ2n) is 6.10. The fourth-order valence-corrected chi connectivity index (χ4v) is 2.82. The third kappa shape index (κ3) is 8.10. The predicted octanol–water partition coefficient (Wildman–Crippen LogP) is 4.70. The van der Waals surface area contributed by atoms with Gasteiger partial charge in [0.05, 0.1) is 12.5 Å². The molecule has 1 aliphatic rings. The van der Waals surface area contributed by atoms with Gasteiger partial charge in [-0.25, -0.2) is 0 Å². The zero-order chi connectivity index (χ0) is 15.5. The maximum absolute atomic E-state index is 10.9. The number of carboxylic acid groups (broad SMARTS) is 1. The molecule has 0 aromatic carbocycles. The summed E-state index contributed by atoms with van der Waals surface area (Å²) in [5.41, 5.74) is 0. The van der Waals surface area contributed by atoms with Crippen molar-refractivity contribution in [3.63, 3.8) is 0 Å². The van der Waals surface area contributed by atoms with Crippen LogP contribution in [0, 0.1) is 11.8 Å². The number of hydrogen-bond donors (Lipinski definition) is 1. The Morgan fingerprint density at radius 1 is 1.19 bits per heavy atom. The van der Waals surface area contributed by atoms with Crippen molar-refractivity contribution in [2.24, 2.45) is 11.8 Å². The monoisotopic (exact) mass is 298 g/mol. The van der Waals surface area contributed by atoms with E-state index in [1.807, 2.05) is 0 Å². The summed E-state index contributed by atoms with van der Waals surface area (Å²) in [6.07, 6.45) is 10.2. The van der Waals surface area contributed by atoms with Gasteiger partial charge in [0, 0.05) is 6.42 Å². The van der Waals surface area contributed by atoms with Crippen LogP contribution in [0.2, 0.25) is 0 Å². The lowest BCUT2D eigenvalue weighted by atomic mass is 9.80. The fourth-order valence-electron chi connectivity index (χ4n) is 2.82. The maximum atomic E-state index is 10.9. The van der Waals surface area contributed by atoms with Gasteiger partial charge in [-0.15, -0.1) is 0 Å². The molecule has 1 saturated carbocycles. The number of unbranched alkanes of at least 4 members (excludes halogenated alkanes) is 2. The molecule has 1 fully saturated rings.